The van der Waals surface area contributed by atoms with Gasteiger partial charge in [0, 0.05) is 18.5 Å². The van der Waals surface area contributed by atoms with Crippen LogP contribution in [0.3, 0.4) is 0 Å². The van der Waals surface area contributed by atoms with Gasteiger partial charge in [-0.3, -0.25) is 9.59 Å². The van der Waals surface area contributed by atoms with E-state index < -0.39 is 5.41 Å². The first-order valence-corrected chi connectivity index (χ1v) is 10.8. The SMILES string of the molecule is CC1(C)[C@@H]2CC[C@@]1(C(=O)N(C1CCCCC1)C1CCCCC1)C(=O)C2. The van der Waals surface area contributed by atoms with Gasteiger partial charge >= 0.3 is 0 Å². The molecule has 0 spiro atoms. The predicted octanol–water partition coefficient (Wildman–Crippen LogP) is 4.88. The van der Waals surface area contributed by atoms with E-state index in [-0.39, 0.29) is 17.1 Å². The van der Waals surface area contributed by atoms with Gasteiger partial charge in [-0.25, -0.2) is 0 Å². The molecule has 3 nitrogen and oxygen atoms in total. The van der Waals surface area contributed by atoms with Crippen LogP contribution in [0.2, 0.25) is 0 Å². The van der Waals surface area contributed by atoms with Crippen LogP contribution >= 0.6 is 0 Å². The van der Waals surface area contributed by atoms with Gasteiger partial charge in [0.25, 0.3) is 0 Å². The first-order chi connectivity index (χ1) is 12.0. The lowest BCUT2D eigenvalue weighted by atomic mass is 9.67. The Labute approximate surface area is 152 Å². The number of hydrogen-bond donors (Lipinski definition) is 0. The van der Waals surface area contributed by atoms with Crippen molar-refractivity contribution in [2.45, 2.75) is 109 Å². The van der Waals surface area contributed by atoms with Crippen molar-refractivity contribution in [3.8, 4) is 0 Å². The van der Waals surface area contributed by atoms with Gasteiger partial charge < -0.3 is 4.90 Å². The number of hydrogen-bond acceptors (Lipinski definition) is 2. The number of rotatable bonds is 3. The summed E-state index contributed by atoms with van der Waals surface area (Å²) >= 11 is 0. The summed E-state index contributed by atoms with van der Waals surface area (Å²) in [5.74, 6) is 0.917. The van der Waals surface area contributed by atoms with Crippen LogP contribution in [0.4, 0.5) is 0 Å². The highest BCUT2D eigenvalue weighted by Crippen LogP contribution is 2.64. The third-order valence-corrected chi connectivity index (χ3v) is 8.43. The van der Waals surface area contributed by atoms with E-state index in [1.807, 2.05) is 0 Å². The highest BCUT2D eigenvalue weighted by Gasteiger charge is 2.69. The summed E-state index contributed by atoms with van der Waals surface area (Å²) in [5.41, 5.74) is -0.852. The highest BCUT2D eigenvalue weighted by atomic mass is 16.2. The van der Waals surface area contributed by atoms with E-state index in [4.69, 9.17) is 0 Å². The van der Waals surface area contributed by atoms with E-state index >= 15 is 0 Å². The maximum atomic E-state index is 14.1. The molecule has 4 aliphatic rings. The zero-order valence-corrected chi connectivity index (χ0v) is 16.2. The van der Waals surface area contributed by atoms with Crippen LogP contribution < -0.4 is 0 Å². The predicted molar refractivity (Wildman–Crippen MR) is 99.2 cm³/mol. The van der Waals surface area contributed by atoms with Crippen LogP contribution in [-0.4, -0.2) is 28.7 Å². The normalized spacial score (nSPS) is 35.9. The largest absolute Gasteiger partial charge is 0.336 e. The molecule has 4 aliphatic carbocycles. The molecule has 0 radical (unpaired) electrons. The number of amides is 1. The fraction of sp³-hybridized carbons (Fsp3) is 0.909. The van der Waals surface area contributed by atoms with Gasteiger partial charge in [-0.1, -0.05) is 52.4 Å². The number of nitrogens with zero attached hydrogens (tertiary/aromatic N) is 1. The molecule has 0 unspecified atom stereocenters. The van der Waals surface area contributed by atoms with Gasteiger partial charge in [-0.05, 0) is 49.9 Å². The zero-order chi connectivity index (χ0) is 17.7. The Morgan fingerprint density at radius 3 is 1.80 bits per heavy atom. The van der Waals surface area contributed by atoms with E-state index in [1.165, 1.54) is 38.5 Å². The standard InChI is InChI=1S/C22H35NO2/c1-21(2)16-13-14-22(21,19(24)15-16)20(25)23(17-9-5-3-6-10-17)18-11-7-4-8-12-18/h16-18H,3-15H2,1-2H3/t16-,22+/m1/s1. The summed E-state index contributed by atoms with van der Waals surface area (Å²) in [6, 6.07) is 0.781. The second-order valence-electron chi connectivity index (χ2n) is 9.79. The fourth-order valence-electron chi connectivity index (χ4n) is 6.75. The molecular weight excluding hydrogens is 310 g/mol. The van der Waals surface area contributed by atoms with Crippen molar-refractivity contribution in [2.75, 3.05) is 0 Å². The lowest BCUT2D eigenvalue weighted by molar-refractivity contribution is -0.158. The summed E-state index contributed by atoms with van der Waals surface area (Å²) in [5, 5.41) is 0. The molecule has 0 aliphatic heterocycles. The number of carbonyl (C=O) groups excluding carboxylic acids is 2. The van der Waals surface area contributed by atoms with Crippen molar-refractivity contribution in [3.05, 3.63) is 0 Å². The lowest BCUT2D eigenvalue weighted by Crippen LogP contribution is -2.58. The molecule has 4 fully saturated rings. The molecule has 4 saturated carbocycles. The van der Waals surface area contributed by atoms with Crippen molar-refractivity contribution in [1.29, 1.82) is 0 Å². The molecule has 0 saturated heterocycles. The highest BCUT2D eigenvalue weighted by molar-refractivity contribution is 6.09. The van der Waals surface area contributed by atoms with Crippen LogP contribution in [0, 0.1) is 16.7 Å². The van der Waals surface area contributed by atoms with Crippen LogP contribution in [0.25, 0.3) is 0 Å². The van der Waals surface area contributed by atoms with Crippen LogP contribution in [0.5, 0.6) is 0 Å². The van der Waals surface area contributed by atoms with Gasteiger partial charge in [-0.15, -0.1) is 0 Å². The average molecular weight is 346 g/mol. The Bertz CT molecular complexity index is 524. The second kappa shape index (κ2) is 6.39. The molecule has 2 bridgehead atoms. The van der Waals surface area contributed by atoms with Crippen molar-refractivity contribution in [2.24, 2.45) is 16.7 Å². The lowest BCUT2D eigenvalue weighted by Gasteiger charge is -2.47. The van der Waals surface area contributed by atoms with Gasteiger partial charge in [0.1, 0.15) is 11.2 Å². The van der Waals surface area contributed by atoms with Gasteiger partial charge in [0.05, 0.1) is 0 Å². The molecule has 25 heavy (non-hydrogen) atoms. The van der Waals surface area contributed by atoms with E-state index in [9.17, 15) is 9.59 Å². The minimum absolute atomic E-state index is 0.150. The molecular formula is C22H35NO2. The topological polar surface area (TPSA) is 37.4 Å². The third-order valence-electron chi connectivity index (χ3n) is 8.43. The Kier molecular flexibility index (Phi) is 4.48. The number of carbonyl (C=O) groups is 2. The first-order valence-electron chi connectivity index (χ1n) is 10.8. The number of fused-ring (bicyclic) bond motifs is 2. The Hall–Kier alpha value is -0.860. The molecule has 3 heteroatoms. The second-order valence-corrected chi connectivity index (χ2v) is 9.79. The smallest absolute Gasteiger partial charge is 0.237 e. The molecule has 0 heterocycles. The quantitative estimate of drug-likeness (QED) is 0.684. The first kappa shape index (κ1) is 17.5. The molecule has 1 amide bonds. The molecule has 0 N–H and O–H groups in total. The number of Topliss-reactive ketones (excluding diaryl/α,β-unsaturated/α-hetero) is 1. The Morgan fingerprint density at radius 2 is 1.40 bits per heavy atom. The van der Waals surface area contributed by atoms with Gasteiger partial charge in [0.2, 0.25) is 5.91 Å². The molecule has 0 aromatic carbocycles. The van der Waals surface area contributed by atoms with Gasteiger partial charge in [0.15, 0.2) is 0 Å². The maximum Gasteiger partial charge on any atom is 0.237 e. The Morgan fingerprint density at radius 1 is 0.880 bits per heavy atom. The van der Waals surface area contributed by atoms with E-state index in [2.05, 4.69) is 18.7 Å². The van der Waals surface area contributed by atoms with Crippen LogP contribution in [0.15, 0.2) is 0 Å². The van der Waals surface area contributed by atoms with Crippen LogP contribution in [0.1, 0.15) is 97.3 Å². The zero-order valence-electron chi connectivity index (χ0n) is 16.2. The van der Waals surface area contributed by atoms with Crippen molar-refractivity contribution < 1.29 is 9.59 Å². The average Bonchev–Trinajstić information content (AvgIpc) is 2.99. The van der Waals surface area contributed by atoms with E-state index in [1.54, 1.807) is 0 Å². The Balaban J connectivity index is 1.68. The van der Waals surface area contributed by atoms with Crippen molar-refractivity contribution in [1.82, 2.24) is 4.90 Å². The maximum absolute atomic E-state index is 14.1. The summed E-state index contributed by atoms with van der Waals surface area (Å²) in [7, 11) is 0. The van der Waals surface area contributed by atoms with E-state index in [0.717, 1.165) is 38.5 Å². The molecule has 0 aromatic heterocycles. The molecule has 4 rings (SSSR count). The van der Waals surface area contributed by atoms with E-state index in [0.29, 0.717) is 24.4 Å². The molecule has 2 atom stereocenters. The number of ketones is 1. The van der Waals surface area contributed by atoms with Crippen LogP contribution in [-0.2, 0) is 9.59 Å². The van der Waals surface area contributed by atoms with Crippen molar-refractivity contribution in [3.63, 3.8) is 0 Å². The summed E-state index contributed by atoms with van der Waals surface area (Å²) in [6.07, 6.45) is 14.7. The molecule has 0 aromatic rings. The third kappa shape index (κ3) is 2.51. The summed E-state index contributed by atoms with van der Waals surface area (Å²) in [6.45, 7) is 4.40. The molecule has 140 valence electrons. The minimum Gasteiger partial charge on any atom is -0.336 e. The monoisotopic (exact) mass is 345 g/mol. The van der Waals surface area contributed by atoms with Gasteiger partial charge in [-0.2, -0.15) is 0 Å². The summed E-state index contributed by atoms with van der Waals surface area (Å²) < 4.78 is 0. The fourth-order valence-corrected chi connectivity index (χ4v) is 6.75. The van der Waals surface area contributed by atoms with Crippen molar-refractivity contribution >= 4 is 11.7 Å². The minimum atomic E-state index is -0.702. The summed E-state index contributed by atoms with van der Waals surface area (Å²) in [4.78, 5) is 29.4.